The van der Waals surface area contributed by atoms with E-state index >= 15 is 0 Å². The summed E-state index contributed by atoms with van der Waals surface area (Å²) < 4.78 is 0. The SMILES string of the molecule is CN1CCCCC[C@@H]1C(=O)N(CCc1c[nH]c2ccccc12)Cc1cccnc1. The maximum Gasteiger partial charge on any atom is 0.240 e. The molecule has 0 aliphatic carbocycles. The first kappa shape index (κ1) is 19.6. The van der Waals surface area contributed by atoms with E-state index in [-0.39, 0.29) is 11.9 Å². The maximum absolute atomic E-state index is 13.5. The van der Waals surface area contributed by atoms with Crippen LogP contribution in [-0.4, -0.2) is 51.9 Å². The minimum absolute atomic E-state index is 0.0165. The van der Waals surface area contributed by atoms with Gasteiger partial charge >= 0.3 is 0 Å². The van der Waals surface area contributed by atoms with E-state index in [1.54, 1.807) is 6.20 Å². The van der Waals surface area contributed by atoms with Crippen molar-refractivity contribution in [2.75, 3.05) is 20.1 Å². The minimum Gasteiger partial charge on any atom is -0.361 e. The number of para-hydroxylation sites is 1. The molecule has 5 heteroatoms. The number of nitrogens with one attached hydrogen (secondary N) is 1. The molecule has 3 aromatic rings. The molecule has 0 spiro atoms. The summed E-state index contributed by atoms with van der Waals surface area (Å²) in [6.45, 7) is 2.32. The Morgan fingerprint density at radius 1 is 1.21 bits per heavy atom. The smallest absolute Gasteiger partial charge is 0.240 e. The Balaban J connectivity index is 1.53. The zero-order valence-corrected chi connectivity index (χ0v) is 17.2. The van der Waals surface area contributed by atoms with Crippen LogP contribution in [0, 0.1) is 0 Å². The molecule has 152 valence electrons. The average Bonchev–Trinajstić information content (AvgIpc) is 3.04. The Hall–Kier alpha value is -2.66. The lowest BCUT2D eigenvalue weighted by atomic mass is 10.1. The van der Waals surface area contributed by atoms with E-state index in [2.05, 4.69) is 52.4 Å². The largest absolute Gasteiger partial charge is 0.361 e. The van der Waals surface area contributed by atoms with Crippen LogP contribution in [-0.2, 0) is 17.8 Å². The van der Waals surface area contributed by atoms with E-state index in [1.807, 2.05) is 23.2 Å². The molecule has 1 fully saturated rings. The van der Waals surface area contributed by atoms with Crippen LogP contribution >= 0.6 is 0 Å². The highest BCUT2D eigenvalue weighted by Crippen LogP contribution is 2.21. The predicted octanol–water partition coefficient (Wildman–Crippen LogP) is 4.01. The van der Waals surface area contributed by atoms with Crippen LogP contribution in [0.4, 0.5) is 0 Å². The average molecular weight is 391 g/mol. The molecule has 1 atom stereocenters. The number of benzene rings is 1. The third-order valence-corrected chi connectivity index (χ3v) is 6.04. The number of carbonyl (C=O) groups excluding carboxylic acids is 1. The number of likely N-dealkylation sites (N-methyl/N-ethyl adjacent to an activating group) is 1. The molecule has 0 radical (unpaired) electrons. The summed E-state index contributed by atoms with van der Waals surface area (Å²) in [7, 11) is 2.09. The van der Waals surface area contributed by atoms with Gasteiger partial charge < -0.3 is 9.88 Å². The number of H-pyrrole nitrogens is 1. The second kappa shape index (κ2) is 9.23. The van der Waals surface area contributed by atoms with Crippen LogP contribution in [0.3, 0.4) is 0 Å². The summed E-state index contributed by atoms with van der Waals surface area (Å²) in [5.74, 6) is 0.248. The number of rotatable bonds is 6. The minimum atomic E-state index is -0.0165. The van der Waals surface area contributed by atoms with Crippen molar-refractivity contribution < 1.29 is 4.79 Å². The number of hydrogen-bond acceptors (Lipinski definition) is 3. The van der Waals surface area contributed by atoms with Gasteiger partial charge in [0, 0.05) is 42.6 Å². The number of likely N-dealkylation sites (tertiary alicyclic amines) is 1. The molecule has 1 aromatic carbocycles. The lowest BCUT2D eigenvalue weighted by Gasteiger charge is -2.31. The van der Waals surface area contributed by atoms with Gasteiger partial charge in [-0.15, -0.1) is 0 Å². The first-order valence-electron chi connectivity index (χ1n) is 10.7. The predicted molar refractivity (Wildman–Crippen MR) is 117 cm³/mol. The van der Waals surface area contributed by atoms with Crippen molar-refractivity contribution in [2.45, 2.75) is 44.7 Å². The van der Waals surface area contributed by atoms with Crippen LogP contribution in [0.2, 0.25) is 0 Å². The number of carbonyl (C=O) groups is 1. The first-order valence-corrected chi connectivity index (χ1v) is 10.7. The monoisotopic (exact) mass is 390 g/mol. The molecule has 1 amide bonds. The van der Waals surface area contributed by atoms with Gasteiger partial charge in [0.15, 0.2) is 0 Å². The molecule has 1 N–H and O–H groups in total. The van der Waals surface area contributed by atoms with Gasteiger partial charge in [0.1, 0.15) is 0 Å². The van der Waals surface area contributed by atoms with Gasteiger partial charge in [-0.05, 0) is 56.1 Å². The van der Waals surface area contributed by atoms with E-state index in [0.29, 0.717) is 13.1 Å². The van der Waals surface area contributed by atoms with Crippen molar-refractivity contribution in [1.29, 1.82) is 0 Å². The number of aromatic nitrogens is 2. The van der Waals surface area contributed by atoms with Crippen molar-refractivity contribution >= 4 is 16.8 Å². The number of pyridine rings is 1. The number of amides is 1. The van der Waals surface area contributed by atoms with E-state index < -0.39 is 0 Å². The normalized spacial score (nSPS) is 17.9. The highest BCUT2D eigenvalue weighted by Gasteiger charge is 2.29. The molecule has 1 saturated heterocycles. The molecule has 2 aromatic heterocycles. The third-order valence-electron chi connectivity index (χ3n) is 6.04. The van der Waals surface area contributed by atoms with E-state index in [4.69, 9.17) is 0 Å². The van der Waals surface area contributed by atoms with Crippen molar-refractivity contribution in [2.24, 2.45) is 0 Å². The molecule has 5 nitrogen and oxygen atoms in total. The second-order valence-electron chi connectivity index (χ2n) is 8.08. The fraction of sp³-hybridized carbons (Fsp3) is 0.417. The van der Waals surface area contributed by atoms with Gasteiger partial charge in [-0.1, -0.05) is 37.1 Å². The Morgan fingerprint density at radius 3 is 2.97 bits per heavy atom. The number of aromatic amines is 1. The molecule has 29 heavy (non-hydrogen) atoms. The second-order valence-corrected chi connectivity index (χ2v) is 8.08. The summed E-state index contributed by atoms with van der Waals surface area (Å²) in [4.78, 5) is 25.4. The molecule has 0 bridgehead atoms. The van der Waals surface area contributed by atoms with Crippen LogP contribution in [0.15, 0.2) is 55.0 Å². The highest BCUT2D eigenvalue weighted by molar-refractivity contribution is 5.84. The Labute approximate surface area is 172 Å². The van der Waals surface area contributed by atoms with Crippen molar-refractivity contribution in [3.8, 4) is 0 Å². The van der Waals surface area contributed by atoms with Gasteiger partial charge in [0.2, 0.25) is 5.91 Å². The lowest BCUT2D eigenvalue weighted by Crippen LogP contribution is -2.47. The highest BCUT2D eigenvalue weighted by atomic mass is 16.2. The topological polar surface area (TPSA) is 52.2 Å². The van der Waals surface area contributed by atoms with E-state index in [9.17, 15) is 4.79 Å². The lowest BCUT2D eigenvalue weighted by molar-refractivity contribution is -0.137. The van der Waals surface area contributed by atoms with E-state index in [1.165, 1.54) is 23.8 Å². The molecule has 0 saturated carbocycles. The Bertz CT molecular complexity index is 936. The molecule has 3 heterocycles. The quantitative estimate of drug-likeness (QED) is 0.692. The van der Waals surface area contributed by atoms with Crippen LogP contribution in [0.5, 0.6) is 0 Å². The van der Waals surface area contributed by atoms with Crippen molar-refractivity contribution in [3.63, 3.8) is 0 Å². The van der Waals surface area contributed by atoms with Gasteiger partial charge in [-0.25, -0.2) is 0 Å². The van der Waals surface area contributed by atoms with Crippen LogP contribution in [0.1, 0.15) is 36.8 Å². The van der Waals surface area contributed by atoms with Crippen LogP contribution in [0.25, 0.3) is 10.9 Å². The van der Waals surface area contributed by atoms with Crippen LogP contribution < -0.4 is 0 Å². The van der Waals surface area contributed by atoms with Gasteiger partial charge in [-0.2, -0.15) is 0 Å². The number of nitrogens with zero attached hydrogens (tertiary/aromatic N) is 3. The van der Waals surface area contributed by atoms with Crippen molar-refractivity contribution in [3.05, 3.63) is 66.1 Å². The standard InChI is InChI=1S/C24H30N4O/c1-27-14-6-2-3-11-23(27)24(29)28(18-19-8-7-13-25-16-19)15-12-20-17-26-22-10-5-4-9-21(20)22/h4-5,7-10,13,16-17,23,26H,2-3,6,11-12,14-15,18H2,1H3/t23-/m1/s1. The summed E-state index contributed by atoms with van der Waals surface area (Å²) in [5.41, 5.74) is 3.49. The molecule has 1 aliphatic rings. The molecular weight excluding hydrogens is 360 g/mol. The molecule has 4 rings (SSSR count). The first-order chi connectivity index (χ1) is 14.2. The van der Waals surface area contributed by atoms with Gasteiger partial charge in [0.25, 0.3) is 0 Å². The molecule has 0 unspecified atom stereocenters. The fourth-order valence-corrected chi connectivity index (χ4v) is 4.35. The summed E-state index contributed by atoms with van der Waals surface area (Å²) in [6.07, 6.45) is 11.0. The van der Waals surface area contributed by atoms with Gasteiger partial charge in [-0.3, -0.25) is 14.7 Å². The summed E-state index contributed by atoms with van der Waals surface area (Å²) >= 11 is 0. The fourth-order valence-electron chi connectivity index (χ4n) is 4.35. The van der Waals surface area contributed by atoms with Crippen molar-refractivity contribution in [1.82, 2.24) is 19.8 Å². The Kier molecular flexibility index (Phi) is 6.25. The zero-order chi connectivity index (χ0) is 20.1. The van der Waals surface area contributed by atoms with Gasteiger partial charge in [0.05, 0.1) is 6.04 Å². The third kappa shape index (κ3) is 4.67. The van der Waals surface area contributed by atoms with E-state index in [0.717, 1.165) is 36.9 Å². The zero-order valence-electron chi connectivity index (χ0n) is 17.2. The maximum atomic E-state index is 13.5. The summed E-state index contributed by atoms with van der Waals surface area (Å²) in [6, 6.07) is 12.3. The summed E-state index contributed by atoms with van der Waals surface area (Å²) in [5, 5.41) is 1.24. The number of hydrogen-bond donors (Lipinski definition) is 1. The molecule has 1 aliphatic heterocycles. The molecular formula is C24H30N4O. The number of fused-ring (bicyclic) bond motifs is 1. The Morgan fingerprint density at radius 2 is 2.10 bits per heavy atom.